The molecule has 4 nitrogen and oxygen atoms in total. The molecule has 1 amide bonds. The second-order valence-corrected chi connectivity index (χ2v) is 5.48. The van der Waals surface area contributed by atoms with Crippen LogP contribution in [-0.2, 0) is 17.9 Å². The first-order valence-electron chi connectivity index (χ1n) is 7.35. The quantitative estimate of drug-likeness (QED) is 0.867. The van der Waals surface area contributed by atoms with Crippen LogP contribution >= 0.6 is 0 Å². The predicted molar refractivity (Wildman–Crippen MR) is 81.3 cm³/mol. The van der Waals surface area contributed by atoms with E-state index in [1.165, 1.54) is 6.07 Å². The number of nitrogens with zero attached hydrogens (tertiary/aromatic N) is 3. The van der Waals surface area contributed by atoms with Crippen molar-refractivity contribution in [3.05, 3.63) is 65.7 Å². The van der Waals surface area contributed by atoms with Crippen molar-refractivity contribution in [3.8, 4) is 0 Å². The zero-order valence-electron chi connectivity index (χ0n) is 12.3. The minimum absolute atomic E-state index is 0.0402. The molecule has 0 radical (unpaired) electrons. The van der Waals surface area contributed by atoms with Crippen LogP contribution in [0.4, 0.5) is 4.39 Å². The fourth-order valence-corrected chi connectivity index (χ4v) is 2.64. The molecular weight excluding hydrogens is 281 g/mol. The Balaban J connectivity index is 1.58. The van der Waals surface area contributed by atoms with Gasteiger partial charge in [0.1, 0.15) is 5.82 Å². The van der Waals surface area contributed by atoms with E-state index in [-0.39, 0.29) is 11.7 Å². The van der Waals surface area contributed by atoms with Gasteiger partial charge in [-0.3, -0.25) is 14.7 Å². The van der Waals surface area contributed by atoms with E-state index in [1.807, 2.05) is 18.3 Å². The summed E-state index contributed by atoms with van der Waals surface area (Å²) >= 11 is 0. The Morgan fingerprint density at radius 2 is 1.95 bits per heavy atom. The largest absolute Gasteiger partial charge is 0.336 e. The molecule has 0 unspecified atom stereocenters. The van der Waals surface area contributed by atoms with Gasteiger partial charge in [-0.25, -0.2) is 4.39 Å². The first-order chi connectivity index (χ1) is 10.7. The van der Waals surface area contributed by atoms with E-state index in [0.717, 1.165) is 12.1 Å². The number of amides is 1. The molecule has 1 aliphatic rings. The summed E-state index contributed by atoms with van der Waals surface area (Å²) in [5.41, 5.74) is 1.66. The van der Waals surface area contributed by atoms with Crippen LogP contribution in [0.5, 0.6) is 0 Å². The van der Waals surface area contributed by atoms with E-state index >= 15 is 0 Å². The van der Waals surface area contributed by atoms with Gasteiger partial charge in [-0.1, -0.05) is 24.3 Å². The number of aromatic nitrogens is 1. The fraction of sp³-hybridized carbons (Fsp3) is 0.294. The highest BCUT2D eigenvalue weighted by molar-refractivity contribution is 5.79. The lowest BCUT2D eigenvalue weighted by atomic mass is 10.1. The molecule has 1 saturated heterocycles. The number of carbonyl (C=O) groups is 1. The van der Waals surface area contributed by atoms with Crippen LogP contribution in [0, 0.1) is 5.82 Å². The summed E-state index contributed by atoms with van der Waals surface area (Å²) in [6.45, 7) is 2.82. The maximum Gasteiger partial charge on any atom is 0.237 e. The van der Waals surface area contributed by atoms with E-state index in [2.05, 4.69) is 9.88 Å². The van der Waals surface area contributed by atoms with Crippen molar-refractivity contribution in [2.75, 3.05) is 19.6 Å². The van der Waals surface area contributed by atoms with Gasteiger partial charge in [0.25, 0.3) is 0 Å². The van der Waals surface area contributed by atoms with Gasteiger partial charge in [0.05, 0.1) is 6.54 Å². The van der Waals surface area contributed by atoms with Crippen molar-refractivity contribution >= 4 is 5.91 Å². The van der Waals surface area contributed by atoms with Crippen LogP contribution in [0.25, 0.3) is 0 Å². The smallest absolute Gasteiger partial charge is 0.237 e. The maximum atomic E-state index is 13.7. The molecule has 0 saturated carbocycles. The van der Waals surface area contributed by atoms with Crippen molar-refractivity contribution in [2.45, 2.75) is 13.1 Å². The molecule has 1 aliphatic heterocycles. The molecule has 114 valence electrons. The minimum Gasteiger partial charge on any atom is -0.336 e. The number of benzene rings is 1. The number of hydrogen-bond donors (Lipinski definition) is 0. The standard InChI is InChI=1S/C17H18FN3O/c18-16-6-2-1-5-15(16)12-21-9-8-20(13-17(21)22)11-14-4-3-7-19-10-14/h1-7,10H,8-9,11-13H2. The Bertz CT molecular complexity index is 647. The Morgan fingerprint density at radius 3 is 2.68 bits per heavy atom. The fourth-order valence-electron chi connectivity index (χ4n) is 2.64. The monoisotopic (exact) mass is 299 g/mol. The van der Waals surface area contributed by atoms with Crippen LogP contribution in [0.15, 0.2) is 48.8 Å². The minimum atomic E-state index is -0.256. The number of rotatable bonds is 4. The number of halogens is 1. The molecule has 0 N–H and O–H groups in total. The molecule has 1 fully saturated rings. The molecule has 0 atom stereocenters. The average Bonchev–Trinajstić information content (AvgIpc) is 2.53. The topological polar surface area (TPSA) is 36.4 Å². The van der Waals surface area contributed by atoms with Crippen molar-refractivity contribution in [3.63, 3.8) is 0 Å². The SMILES string of the molecule is O=C1CN(Cc2cccnc2)CCN1Cc1ccccc1F. The van der Waals surface area contributed by atoms with Crippen LogP contribution in [0.2, 0.25) is 0 Å². The normalized spacial score (nSPS) is 16.0. The third-order valence-electron chi connectivity index (χ3n) is 3.85. The molecule has 2 heterocycles. The molecule has 3 rings (SSSR count). The molecule has 5 heteroatoms. The van der Waals surface area contributed by atoms with Gasteiger partial charge in [-0.05, 0) is 17.7 Å². The Hall–Kier alpha value is -2.27. The zero-order chi connectivity index (χ0) is 15.4. The maximum absolute atomic E-state index is 13.7. The average molecular weight is 299 g/mol. The number of carbonyl (C=O) groups excluding carboxylic acids is 1. The summed E-state index contributed by atoms with van der Waals surface area (Å²) in [5.74, 6) is -0.216. The third kappa shape index (κ3) is 3.49. The predicted octanol–water partition coefficient (Wildman–Crippen LogP) is 2.07. The van der Waals surface area contributed by atoms with E-state index in [1.54, 1.807) is 29.3 Å². The van der Waals surface area contributed by atoms with Crippen LogP contribution in [0.1, 0.15) is 11.1 Å². The van der Waals surface area contributed by atoms with E-state index in [4.69, 9.17) is 0 Å². The van der Waals surface area contributed by atoms with Crippen LogP contribution in [-0.4, -0.2) is 40.3 Å². The Morgan fingerprint density at radius 1 is 1.09 bits per heavy atom. The highest BCUT2D eigenvalue weighted by atomic mass is 19.1. The Kier molecular flexibility index (Phi) is 4.44. The summed E-state index contributed by atoms with van der Waals surface area (Å²) in [7, 11) is 0. The van der Waals surface area contributed by atoms with Crippen molar-refractivity contribution in [1.29, 1.82) is 0 Å². The van der Waals surface area contributed by atoms with E-state index in [0.29, 0.717) is 31.7 Å². The molecule has 0 spiro atoms. The number of hydrogen-bond acceptors (Lipinski definition) is 3. The Labute approximate surface area is 129 Å². The number of piperazine rings is 1. The van der Waals surface area contributed by atoms with Gasteiger partial charge in [-0.15, -0.1) is 0 Å². The van der Waals surface area contributed by atoms with Gasteiger partial charge in [0.15, 0.2) is 0 Å². The van der Waals surface area contributed by atoms with Crippen LogP contribution < -0.4 is 0 Å². The van der Waals surface area contributed by atoms with Gasteiger partial charge in [0.2, 0.25) is 5.91 Å². The first kappa shape index (κ1) is 14.7. The summed E-state index contributed by atoms with van der Waals surface area (Å²) in [6, 6.07) is 10.5. The molecular formula is C17H18FN3O. The summed E-state index contributed by atoms with van der Waals surface area (Å²) in [6.07, 6.45) is 3.55. The molecule has 1 aromatic carbocycles. The lowest BCUT2D eigenvalue weighted by Crippen LogP contribution is -2.49. The second kappa shape index (κ2) is 6.66. The molecule has 0 bridgehead atoms. The molecule has 2 aromatic rings. The van der Waals surface area contributed by atoms with Crippen molar-refractivity contribution in [1.82, 2.24) is 14.8 Å². The van der Waals surface area contributed by atoms with Gasteiger partial charge < -0.3 is 4.90 Å². The summed E-state index contributed by atoms with van der Waals surface area (Å²) in [5, 5.41) is 0. The molecule has 22 heavy (non-hydrogen) atoms. The summed E-state index contributed by atoms with van der Waals surface area (Å²) in [4.78, 5) is 20.2. The third-order valence-corrected chi connectivity index (χ3v) is 3.85. The highest BCUT2D eigenvalue weighted by Crippen LogP contribution is 2.14. The van der Waals surface area contributed by atoms with Gasteiger partial charge in [-0.2, -0.15) is 0 Å². The highest BCUT2D eigenvalue weighted by Gasteiger charge is 2.24. The second-order valence-electron chi connectivity index (χ2n) is 5.48. The lowest BCUT2D eigenvalue weighted by Gasteiger charge is -2.34. The molecule has 0 aliphatic carbocycles. The lowest BCUT2D eigenvalue weighted by molar-refractivity contribution is -0.136. The first-order valence-corrected chi connectivity index (χ1v) is 7.35. The van der Waals surface area contributed by atoms with Gasteiger partial charge in [0, 0.05) is 44.1 Å². The van der Waals surface area contributed by atoms with Crippen molar-refractivity contribution < 1.29 is 9.18 Å². The summed E-state index contributed by atoms with van der Waals surface area (Å²) < 4.78 is 13.7. The van der Waals surface area contributed by atoms with Crippen LogP contribution in [0.3, 0.4) is 0 Å². The number of pyridine rings is 1. The van der Waals surface area contributed by atoms with E-state index in [9.17, 15) is 9.18 Å². The zero-order valence-corrected chi connectivity index (χ0v) is 12.3. The van der Waals surface area contributed by atoms with Gasteiger partial charge >= 0.3 is 0 Å². The van der Waals surface area contributed by atoms with Crippen molar-refractivity contribution in [2.24, 2.45) is 0 Å². The molecule has 1 aromatic heterocycles. The van der Waals surface area contributed by atoms with E-state index < -0.39 is 0 Å².